The van der Waals surface area contributed by atoms with Crippen LogP contribution in [0.1, 0.15) is 15.9 Å². The van der Waals surface area contributed by atoms with E-state index in [9.17, 15) is 18.0 Å². The second-order valence-electron chi connectivity index (χ2n) is 4.83. The maximum Gasteiger partial charge on any atom is 0.416 e. The number of hydrogen-bond donors (Lipinski definition) is 1. The van der Waals surface area contributed by atoms with E-state index >= 15 is 0 Å². The van der Waals surface area contributed by atoms with E-state index in [1.807, 2.05) is 14.1 Å². The number of alkyl halides is 3. The molecule has 0 aliphatic heterocycles. The fourth-order valence-electron chi connectivity index (χ4n) is 1.76. The summed E-state index contributed by atoms with van der Waals surface area (Å²) in [6.07, 6.45) is -3.08. The van der Waals surface area contributed by atoms with Gasteiger partial charge in [-0.25, -0.2) is 4.98 Å². The first kappa shape index (κ1) is 15.8. The number of halogens is 3. The number of benzene rings is 1. The molecule has 0 atom stereocenters. The average molecular weight is 309 g/mol. The van der Waals surface area contributed by atoms with Crippen LogP contribution in [0.25, 0.3) is 0 Å². The summed E-state index contributed by atoms with van der Waals surface area (Å²) in [4.78, 5) is 17.9. The SMILES string of the molecule is CN(C)c1ccc(C(=O)Nc2cccc(C(F)(F)F)c2)cn1. The minimum Gasteiger partial charge on any atom is -0.363 e. The molecule has 0 saturated carbocycles. The van der Waals surface area contributed by atoms with E-state index in [0.29, 0.717) is 5.82 Å². The number of hydrogen-bond acceptors (Lipinski definition) is 3. The number of rotatable bonds is 3. The maximum atomic E-state index is 12.6. The van der Waals surface area contributed by atoms with Crippen LogP contribution < -0.4 is 10.2 Å². The van der Waals surface area contributed by atoms with Crippen molar-refractivity contribution in [3.05, 3.63) is 53.7 Å². The number of pyridine rings is 1. The Bertz CT molecular complexity index is 666. The van der Waals surface area contributed by atoms with Crippen molar-refractivity contribution in [2.45, 2.75) is 6.18 Å². The first-order valence-electron chi connectivity index (χ1n) is 6.39. The van der Waals surface area contributed by atoms with E-state index in [1.165, 1.54) is 18.3 Å². The Balaban J connectivity index is 2.15. The van der Waals surface area contributed by atoms with Gasteiger partial charge in [-0.15, -0.1) is 0 Å². The molecule has 4 nitrogen and oxygen atoms in total. The van der Waals surface area contributed by atoms with Gasteiger partial charge in [0.25, 0.3) is 5.91 Å². The molecule has 0 bridgehead atoms. The van der Waals surface area contributed by atoms with Gasteiger partial charge in [0, 0.05) is 26.0 Å². The number of nitrogens with one attached hydrogen (secondary N) is 1. The van der Waals surface area contributed by atoms with Gasteiger partial charge >= 0.3 is 6.18 Å². The van der Waals surface area contributed by atoms with Crippen LogP contribution in [0.4, 0.5) is 24.7 Å². The molecule has 0 unspecified atom stereocenters. The minimum atomic E-state index is -4.45. The molecule has 0 radical (unpaired) electrons. The molecule has 1 N–H and O–H groups in total. The molecular formula is C15H14F3N3O. The van der Waals surface area contributed by atoms with Gasteiger partial charge in [-0.3, -0.25) is 4.79 Å². The summed E-state index contributed by atoms with van der Waals surface area (Å²) < 4.78 is 37.9. The second kappa shape index (κ2) is 6.05. The lowest BCUT2D eigenvalue weighted by Crippen LogP contribution is -2.15. The predicted octanol–water partition coefficient (Wildman–Crippen LogP) is 3.42. The molecule has 0 spiro atoms. The van der Waals surface area contributed by atoms with Crippen LogP contribution in [0.5, 0.6) is 0 Å². The van der Waals surface area contributed by atoms with E-state index in [0.717, 1.165) is 12.1 Å². The van der Waals surface area contributed by atoms with Gasteiger partial charge in [0.15, 0.2) is 0 Å². The van der Waals surface area contributed by atoms with Gasteiger partial charge in [0.1, 0.15) is 5.82 Å². The van der Waals surface area contributed by atoms with Crippen molar-refractivity contribution in [3.8, 4) is 0 Å². The van der Waals surface area contributed by atoms with Gasteiger partial charge < -0.3 is 10.2 Å². The predicted molar refractivity (Wildman–Crippen MR) is 78.0 cm³/mol. The summed E-state index contributed by atoms with van der Waals surface area (Å²) in [5, 5.41) is 2.43. The zero-order valence-corrected chi connectivity index (χ0v) is 12.0. The van der Waals surface area contributed by atoms with Crippen LogP contribution >= 0.6 is 0 Å². The molecule has 1 aromatic heterocycles. The summed E-state index contributed by atoms with van der Waals surface area (Å²) in [5.41, 5.74) is -0.467. The average Bonchev–Trinajstić information content (AvgIpc) is 2.46. The van der Waals surface area contributed by atoms with Crippen molar-refractivity contribution in [2.24, 2.45) is 0 Å². The Morgan fingerprint density at radius 3 is 2.45 bits per heavy atom. The summed E-state index contributed by atoms with van der Waals surface area (Å²) >= 11 is 0. The largest absolute Gasteiger partial charge is 0.416 e. The van der Waals surface area contributed by atoms with Gasteiger partial charge in [0.05, 0.1) is 11.1 Å². The Labute approximate surface area is 125 Å². The fourth-order valence-corrected chi connectivity index (χ4v) is 1.76. The molecule has 0 aliphatic rings. The summed E-state index contributed by atoms with van der Waals surface area (Å²) in [5.74, 6) is 0.160. The van der Waals surface area contributed by atoms with Crippen molar-refractivity contribution in [3.63, 3.8) is 0 Å². The van der Waals surface area contributed by atoms with Gasteiger partial charge in [-0.1, -0.05) is 6.07 Å². The van der Waals surface area contributed by atoms with Crippen LogP contribution in [-0.4, -0.2) is 25.0 Å². The maximum absolute atomic E-state index is 12.6. The van der Waals surface area contributed by atoms with Crippen molar-refractivity contribution in [2.75, 3.05) is 24.3 Å². The second-order valence-corrected chi connectivity index (χ2v) is 4.83. The monoisotopic (exact) mass is 309 g/mol. The highest BCUT2D eigenvalue weighted by atomic mass is 19.4. The first-order chi connectivity index (χ1) is 10.3. The fraction of sp³-hybridized carbons (Fsp3) is 0.200. The molecule has 2 rings (SSSR count). The number of carbonyl (C=O) groups is 1. The minimum absolute atomic E-state index is 0.0801. The number of aromatic nitrogens is 1. The molecule has 116 valence electrons. The number of amides is 1. The Morgan fingerprint density at radius 1 is 1.18 bits per heavy atom. The van der Waals surface area contributed by atoms with Crippen molar-refractivity contribution in [1.29, 1.82) is 0 Å². The molecule has 1 heterocycles. The lowest BCUT2D eigenvalue weighted by atomic mass is 10.2. The number of anilines is 2. The van der Waals surface area contributed by atoms with Gasteiger partial charge in [-0.05, 0) is 30.3 Å². The summed E-state index contributed by atoms with van der Waals surface area (Å²) in [7, 11) is 3.62. The number of carbonyl (C=O) groups excluding carboxylic acids is 1. The molecule has 0 saturated heterocycles. The lowest BCUT2D eigenvalue weighted by molar-refractivity contribution is -0.137. The highest BCUT2D eigenvalue weighted by molar-refractivity contribution is 6.04. The molecule has 0 fully saturated rings. The zero-order chi connectivity index (χ0) is 16.3. The quantitative estimate of drug-likeness (QED) is 0.945. The highest BCUT2D eigenvalue weighted by Gasteiger charge is 2.30. The van der Waals surface area contributed by atoms with Crippen LogP contribution in [0, 0.1) is 0 Å². The first-order valence-corrected chi connectivity index (χ1v) is 6.39. The Morgan fingerprint density at radius 2 is 1.91 bits per heavy atom. The molecule has 22 heavy (non-hydrogen) atoms. The van der Waals surface area contributed by atoms with Crippen LogP contribution in [0.2, 0.25) is 0 Å². The van der Waals surface area contributed by atoms with E-state index in [-0.39, 0.29) is 11.3 Å². The third-order valence-corrected chi connectivity index (χ3v) is 2.92. The van der Waals surface area contributed by atoms with Crippen molar-refractivity contribution in [1.82, 2.24) is 4.98 Å². The zero-order valence-electron chi connectivity index (χ0n) is 12.0. The molecule has 1 amide bonds. The van der Waals surface area contributed by atoms with E-state index in [2.05, 4.69) is 10.3 Å². The smallest absolute Gasteiger partial charge is 0.363 e. The van der Waals surface area contributed by atoms with E-state index < -0.39 is 17.6 Å². The summed E-state index contributed by atoms with van der Waals surface area (Å²) in [6, 6.07) is 7.69. The van der Waals surface area contributed by atoms with E-state index in [1.54, 1.807) is 17.0 Å². The number of nitrogens with zero attached hydrogens (tertiary/aromatic N) is 2. The van der Waals surface area contributed by atoms with Crippen LogP contribution in [-0.2, 0) is 6.18 Å². The van der Waals surface area contributed by atoms with Crippen LogP contribution in [0.15, 0.2) is 42.6 Å². The third-order valence-electron chi connectivity index (χ3n) is 2.92. The lowest BCUT2D eigenvalue weighted by Gasteiger charge is -2.12. The Kier molecular flexibility index (Phi) is 4.35. The molecular weight excluding hydrogens is 295 g/mol. The van der Waals surface area contributed by atoms with Gasteiger partial charge in [0.2, 0.25) is 0 Å². The normalized spacial score (nSPS) is 11.1. The molecule has 2 aromatic rings. The highest BCUT2D eigenvalue weighted by Crippen LogP contribution is 2.30. The van der Waals surface area contributed by atoms with Gasteiger partial charge in [-0.2, -0.15) is 13.2 Å². The van der Waals surface area contributed by atoms with Crippen LogP contribution in [0.3, 0.4) is 0 Å². The van der Waals surface area contributed by atoms with E-state index in [4.69, 9.17) is 0 Å². The van der Waals surface area contributed by atoms with Crippen molar-refractivity contribution >= 4 is 17.4 Å². The third kappa shape index (κ3) is 3.75. The topological polar surface area (TPSA) is 45.2 Å². The molecule has 0 aliphatic carbocycles. The standard InChI is InChI=1S/C15H14F3N3O/c1-21(2)13-7-6-10(9-19-13)14(22)20-12-5-3-4-11(8-12)15(16,17)18/h3-9H,1-2H3,(H,20,22). The Hall–Kier alpha value is -2.57. The molecule has 7 heteroatoms. The van der Waals surface area contributed by atoms with Crippen molar-refractivity contribution < 1.29 is 18.0 Å². The molecule has 1 aromatic carbocycles. The summed E-state index contributed by atoms with van der Waals surface area (Å²) in [6.45, 7) is 0.